The van der Waals surface area contributed by atoms with Crippen LogP contribution in [-0.4, -0.2) is 23.5 Å². The average Bonchev–Trinajstić information content (AvgIpc) is 2.42. The van der Waals surface area contributed by atoms with Crippen molar-refractivity contribution in [3.8, 4) is 0 Å². The van der Waals surface area contributed by atoms with E-state index in [1.165, 1.54) is 18.6 Å². The summed E-state index contributed by atoms with van der Waals surface area (Å²) in [6, 6.07) is 7.33. The molecule has 2 rings (SSSR count). The number of hydrogen-bond acceptors (Lipinski definition) is 2. The van der Waals surface area contributed by atoms with Crippen molar-refractivity contribution >= 4 is 0 Å². The Morgan fingerprint density at radius 3 is 2.40 bits per heavy atom. The molecule has 0 aliphatic carbocycles. The molecule has 5 unspecified atom stereocenters. The molecule has 1 aromatic rings. The molecule has 5 atom stereocenters. The second-order valence-electron chi connectivity index (χ2n) is 6.57. The van der Waals surface area contributed by atoms with Gasteiger partial charge in [-0.25, -0.2) is 4.39 Å². The lowest BCUT2D eigenvalue weighted by Crippen LogP contribution is -2.52. The van der Waals surface area contributed by atoms with Crippen molar-refractivity contribution in [2.24, 2.45) is 17.6 Å². The van der Waals surface area contributed by atoms with Crippen LogP contribution in [0.5, 0.6) is 0 Å². The SMILES string of the molecule is CC1CC(C)C(C)N(C(C)C(N)c2ccc(F)cc2)C1. The molecule has 2 nitrogen and oxygen atoms in total. The Labute approximate surface area is 122 Å². The number of rotatable bonds is 3. The van der Waals surface area contributed by atoms with Gasteiger partial charge in [-0.15, -0.1) is 0 Å². The Kier molecular flexibility index (Phi) is 4.82. The van der Waals surface area contributed by atoms with Crippen LogP contribution in [0.3, 0.4) is 0 Å². The normalized spacial score (nSPS) is 31.0. The third-order valence-corrected chi connectivity index (χ3v) is 4.94. The number of benzene rings is 1. The minimum atomic E-state index is -0.206. The summed E-state index contributed by atoms with van der Waals surface area (Å²) < 4.78 is 13.0. The average molecular weight is 278 g/mol. The summed E-state index contributed by atoms with van der Waals surface area (Å²) in [5, 5.41) is 0. The van der Waals surface area contributed by atoms with Crippen LogP contribution < -0.4 is 5.73 Å². The van der Waals surface area contributed by atoms with Gasteiger partial charge < -0.3 is 5.73 Å². The van der Waals surface area contributed by atoms with E-state index >= 15 is 0 Å². The Bertz CT molecular complexity index is 431. The van der Waals surface area contributed by atoms with Gasteiger partial charge in [0.1, 0.15) is 5.82 Å². The summed E-state index contributed by atoms with van der Waals surface area (Å²) >= 11 is 0. The topological polar surface area (TPSA) is 29.3 Å². The summed E-state index contributed by atoms with van der Waals surface area (Å²) in [4.78, 5) is 2.52. The van der Waals surface area contributed by atoms with Gasteiger partial charge in [0.2, 0.25) is 0 Å². The Balaban J connectivity index is 2.12. The molecule has 20 heavy (non-hydrogen) atoms. The van der Waals surface area contributed by atoms with Gasteiger partial charge in [-0.1, -0.05) is 26.0 Å². The van der Waals surface area contributed by atoms with Crippen molar-refractivity contribution < 1.29 is 4.39 Å². The van der Waals surface area contributed by atoms with Gasteiger partial charge >= 0.3 is 0 Å². The predicted octanol–water partition coefficient (Wildman–Crippen LogP) is 3.58. The number of likely N-dealkylation sites (tertiary alicyclic amines) is 1. The number of hydrogen-bond donors (Lipinski definition) is 1. The van der Waals surface area contributed by atoms with Crippen LogP contribution in [0.2, 0.25) is 0 Å². The molecular formula is C17H27FN2. The standard InChI is InChI=1S/C17H27FN2/c1-11-9-12(2)13(3)20(10-11)14(4)17(19)15-5-7-16(18)8-6-15/h5-8,11-14,17H,9-10,19H2,1-4H3. The lowest BCUT2D eigenvalue weighted by atomic mass is 9.84. The van der Waals surface area contributed by atoms with E-state index in [0.717, 1.165) is 12.1 Å². The molecule has 1 aliphatic rings. The third-order valence-electron chi connectivity index (χ3n) is 4.94. The van der Waals surface area contributed by atoms with Crippen molar-refractivity contribution in [3.63, 3.8) is 0 Å². The van der Waals surface area contributed by atoms with Crippen molar-refractivity contribution in [2.45, 2.75) is 52.2 Å². The van der Waals surface area contributed by atoms with E-state index < -0.39 is 0 Å². The van der Waals surface area contributed by atoms with E-state index in [1.54, 1.807) is 12.1 Å². The van der Waals surface area contributed by atoms with E-state index in [9.17, 15) is 4.39 Å². The summed E-state index contributed by atoms with van der Waals surface area (Å²) in [6.07, 6.45) is 1.29. The molecule has 1 heterocycles. The first kappa shape index (κ1) is 15.5. The molecule has 0 amide bonds. The molecule has 1 aliphatic heterocycles. The largest absolute Gasteiger partial charge is 0.323 e. The van der Waals surface area contributed by atoms with Gasteiger partial charge in [-0.2, -0.15) is 0 Å². The van der Waals surface area contributed by atoms with Crippen LogP contribution in [-0.2, 0) is 0 Å². The first-order valence-electron chi connectivity index (χ1n) is 7.67. The zero-order valence-corrected chi connectivity index (χ0v) is 13.0. The fraction of sp³-hybridized carbons (Fsp3) is 0.647. The maximum atomic E-state index is 13.0. The van der Waals surface area contributed by atoms with Gasteiger partial charge in [0.25, 0.3) is 0 Å². The molecule has 1 fully saturated rings. The van der Waals surface area contributed by atoms with Crippen LogP contribution in [0, 0.1) is 17.7 Å². The van der Waals surface area contributed by atoms with Crippen LogP contribution in [0.25, 0.3) is 0 Å². The van der Waals surface area contributed by atoms with Crippen LogP contribution >= 0.6 is 0 Å². The highest BCUT2D eigenvalue weighted by molar-refractivity contribution is 5.21. The van der Waals surface area contributed by atoms with Gasteiger partial charge in [-0.3, -0.25) is 4.90 Å². The summed E-state index contributed by atoms with van der Waals surface area (Å²) in [5.74, 6) is 1.20. The molecule has 0 radical (unpaired) electrons. The molecule has 2 N–H and O–H groups in total. The third kappa shape index (κ3) is 3.21. The summed E-state index contributed by atoms with van der Waals surface area (Å²) in [5.41, 5.74) is 7.42. The van der Waals surface area contributed by atoms with Gasteiger partial charge in [0, 0.05) is 24.7 Å². The monoisotopic (exact) mass is 278 g/mol. The smallest absolute Gasteiger partial charge is 0.123 e. The predicted molar refractivity (Wildman–Crippen MR) is 81.9 cm³/mol. The Morgan fingerprint density at radius 1 is 1.20 bits per heavy atom. The van der Waals surface area contributed by atoms with Gasteiger partial charge in [0.05, 0.1) is 0 Å². The van der Waals surface area contributed by atoms with E-state index in [0.29, 0.717) is 17.9 Å². The first-order chi connectivity index (χ1) is 9.40. The zero-order chi connectivity index (χ0) is 14.9. The molecular weight excluding hydrogens is 251 g/mol. The molecule has 1 aromatic carbocycles. The van der Waals surface area contributed by atoms with E-state index in [1.807, 2.05) is 0 Å². The van der Waals surface area contributed by atoms with E-state index in [-0.39, 0.29) is 17.9 Å². The quantitative estimate of drug-likeness (QED) is 0.915. The number of piperidine rings is 1. The van der Waals surface area contributed by atoms with Gasteiger partial charge in [0.15, 0.2) is 0 Å². The molecule has 1 saturated heterocycles. The molecule has 0 saturated carbocycles. The van der Waals surface area contributed by atoms with Gasteiger partial charge in [-0.05, 0) is 49.8 Å². The summed E-state index contributed by atoms with van der Waals surface area (Å²) in [7, 11) is 0. The Morgan fingerprint density at radius 2 is 1.80 bits per heavy atom. The van der Waals surface area contributed by atoms with Crippen molar-refractivity contribution in [2.75, 3.05) is 6.54 Å². The molecule has 0 spiro atoms. The van der Waals surface area contributed by atoms with E-state index in [4.69, 9.17) is 5.73 Å². The fourth-order valence-electron chi connectivity index (χ4n) is 3.47. The minimum Gasteiger partial charge on any atom is -0.323 e. The minimum absolute atomic E-state index is 0.0736. The number of nitrogens with two attached hydrogens (primary N) is 1. The second-order valence-corrected chi connectivity index (χ2v) is 6.57. The zero-order valence-electron chi connectivity index (χ0n) is 13.0. The highest BCUT2D eigenvalue weighted by Gasteiger charge is 2.33. The second kappa shape index (κ2) is 6.23. The maximum Gasteiger partial charge on any atom is 0.123 e. The molecule has 0 aromatic heterocycles. The van der Waals surface area contributed by atoms with E-state index in [2.05, 4.69) is 32.6 Å². The van der Waals surface area contributed by atoms with Crippen molar-refractivity contribution in [1.29, 1.82) is 0 Å². The van der Waals surface area contributed by atoms with Crippen LogP contribution in [0.15, 0.2) is 24.3 Å². The highest BCUT2D eigenvalue weighted by atomic mass is 19.1. The fourth-order valence-corrected chi connectivity index (χ4v) is 3.47. The molecule has 3 heteroatoms. The Hall–Kier alpha value is -0.930. The maximum absolute atomic E-state index is 13.0. The lowest BCUT2D eigenvalue weighted by molar-refractivity contribution is 0.0369. The van der Waals surface area contributed by atoms with Crippen LogP contribution in [0.1, 0.15) is 45.7 Å². The van der Waals surface area contributed by atoms with Crippen molar-refractivity contribution in [1.82, 2.24) is 4.90 Å². The summed E-state index contributed by atoms with van der Waals surface area (Å²) in [6.45, 7) is 10.2. The molecule has 0 bridgehead atoms. The van der Waals surface area contributed by atoms with Crippen molar-refractivity contribution in [3.05, 3.63) is 35.6 Å². The molecule has 112 valence electrons. The van der Waals surface area contributed by atoms with Crippen LogP contribution in [0.4, 0.5) is 4.39 Å². The first-order valence-corrected chi connectivity index (χ1v) is 7.67. The number of nitrogens with zero attached hydrogens (tertiary/aromatic N) is 1. The number of halogens is 1. The highest BCUT2D eigenvalue weighted by Crippen LogP contribution is 2.31. The lowest BCUT2D eigenvalue weighted by Gasteiger charge is -2.46.